The number of ether oxygens (including phenoxy) is 2. The van der Waals surface area contributed by atoms with Crippen molar-refractivity contribution in [3.8, 4) is 17.3 Å². The number of hydrogen-bond acceptors (Lipinski definition) is 11. The van der Waals surface area contributed by atoms with Gasteiger partial charge in [-0.15, -0.1) is 5.10 Å². The normalized spacial score (nSPS) is 20.9. The van der Waals surface area contributed by atoms with E-state index in [0.717, 1.165) is 72.8 Å². The highest BCUT2D eigenvalue weighted by Crippen LogP contribution is 2.31. The molecule has 0 radical (unpaired) electrons. The largest absolute Gasteiger partial charge is 0.381 e. The molecule has 12 nitrogen and oxygen atoms in total. The zero-order valence-electron chi connectivity index (χ0n) is 24.8. The quantitative estimate of drug-likeness (QED) is 0.291. The van der Waals surface area contributed by atoms with E-state index >= 15 is 0 Å². The Labute approximate surface area is 247 Å². The van der Waals surface area contributed by atoms with Gasteiger partial charge >= 0.3 is 0 Å². The van der Waals surface area contributed by atoms with Gasteiger partial charge in [-0.05, 0) is 86.6 Å². The van der Waals surface area contributed by atoms with E-state index in [-0.39, 0.29) is 6.04 Å². The van der Waals surface area contributed by atoms with E-state index in [0.29, 0.717) is 45.1 Å². The van der Waals surface area contributed by atoms with Crippen molar-refractivity contribution in [2.45, 2.75) is 77.1 Å². The zero-order valence-corrected chi connectivity index (χ0v) is 24.8. The van der Waals surface area contributed by atoms with Crippen molar-refractivity contribution in [1.29, 1.82) is 5.26 Å². The molecule has 1 saturated carbocycles. The minimum atomic E-state index is -0.407. The van der Waals surface area contributed by atoms with E-state index in [9.17, 15) is 5.26 Å². The van der Waals surface area contributed by atoms with Crippen LogP contribution >= 0.6 is 0 Å². The van der Waals surface area contributed by atoms with Crippen molar-refractivity contribution < 1.29 is 9.47 Å². The molecule has 0 amide bonds. The van der Waals surface area contributed by atoms with Crippen LogP contribution in [0.25, 0.3) is 11.3 Å². The molecule has 1 saturated heterocycles. The van der Waals surface area contributed by atoms with E-state index in [4.69, 9.17) is 14.5 Å². The molecular formula is C30H42N10O2. The van der Waals surface area contributed by atoms with Crippen molar-refractivity contribution in [1.82, 2.24) is 35.5 Å². The first kappa shape index (κ1) is 29.8. The predicted octanol–water partition coefficient (Wildman–Crippen LogP) is 3.63. The average Bonchev–Trinajstić information content (AvgIpc) is 3.43. The first-order valence-electron chi connectivity index (χ1n) is 14.9. The summed E-state index contributed by atoms with van der Waals surface area (Å²) in [5.74, 6) is 2.37. The maximum absolute atomic E-state index is 9.78. The number of rotatable bonds is 12. The maximum atomic E-state index is 9.78. The molecule has 3 aromatic rings. The van der Waals surface area contributed by atoms with Gasteiger partial charge in [0, 0.05) is 56.7 Å². The minimum Gasteiger partial charge on any atom is -0.381 e. The van der Waals surface area contributed by atoms with Gasteiger partial charge in [0.2, 0.25) is 0 Å². The SMILES string of the molecule is Cc1cnc(N[C@H]2CC[C@H](N[C@@H](C)COCc3nnnn3C)CC2)cc1-c1cccc(NCC2(C#N)CCOCC2)n1. The summed E-state index contributed by atoms with van der Waals surface area (Å²) in [6, 6.07) is 11.7. The third-order valence-corrected chi connectivity index (χ3v) is 8.33. The van der Waals surface area contributed by atoms with Gasteiger partial charge in [-0.2, -0.15) is 5.26 Å². The van der Waals surface area contributed by atoms with E-state index in [2.05, 4.69) is 62.4 Å². The van der Waals surface area contributed by atoms with Gasteiger partial charge in [0.25, 0.3) is 0 Å². The molecule has 224 valence electrons. The van der Waals surface area contributed by atoms with Crippen molar-refractivity contribution in [2.75, 3.05) is 37.0 Å². The fraction of sp³-hybridized carbons (Fsp3) is 0.600. The lowest BCUT2D eigenvalue weighted by Crippen LogP contribution is -2.43. The Balaban J connectivity index is 1.11. The second-order valence-corrected chi connectivity index (χ2v) is 11.6. The summed E-state index contributed by atoms with van der Waals surface area (Å²) >= 11 is 0. The lowest BCUT2D eigenvalue weighted by Gasteiger charge is -2.32. The van der Waals surface area contributed by atoms with E-state index in [1.807, 2.05) is 31.4 Å². The molecule has 5 rings (SSSR count). The van der Waals surface area contributed by atoms with Crippen LogP contribution in [0, 0.1) is 23.7 Å². The smallest absolute Gasteiger partial charge is 0.176 e. The van der Waals surface area contributed by atoms with Crippen LogP contribution in [0.4, 0.5) is 11.6 Å². The van der Waals surface area contributed by atoms with Crippen LogP contribution in [0.15, 0.2) is 30.5 Å². The first-order valence-corrected chi connectivity index (χ1v) is 14.9. The molecule has 3 N–H and O–H groups in total. The summed E-state index contributed by atoms with van der Waals surface area (Å²) in [6.07, 6.45) is 7.73. The lowest BCUT2D eigenvalue weighted by molar-refractivity contribution is 0.0455. The summed E-state index contributed by atoms with van der Waals surface area (Å²) in [5.41, 5.74) is 2.61. The molecule has 1 atom stereocenters. The van der Waals surface area contributed by atoms with Crippen LogP contribution in [0.3, 0.4) is 0 Å². The fourth-order valence-corrected chi connectivity index (χ4v) is 5.67. The van der Waals surface area contributed by atoms with Gasteiger partial charge in [0.1, 0.15) is 18.2 Å². The summed E-state index contributed by atoms with van der Waals surface area (Å²) < 4.78 is 12.9. The lowest BCUT2D eigenvalue weighted by atomic mass is 9.82. The van der Waals surface area contributed by atoms with Gasteiger partial charge in [0.15, 0.2) is 5.82 Å². The predicted molar refractivity (Wildman–Crippen MR) is 160 cm³/mol. The monoisotopic (exact) mass is 574 g/mol. The van der Waals surface area contributed by atoms with E-state index in [1.165, 1.54) is 0 Å². The van der Waals surface area contributed by atoms with Gasteiger partial charge < -0.3 is 25.4 Å². The summed E-state index contributed by atoms with van der Waals surface area (Å²) in [4.78, 5) is 9.56. The number of hydrogen-bond donors (Lipinski definition) is 3. The molecule has 3 aromatic heterocycles. The Morgan fingerprint density at radius 2 is 1.95 bits per heavy atom. The number of anilines is 2. The van der Waals surface area contributed by atoms with Gasteiger partial charge in [0.05, 0.1) is 23.8 Å². The number of nitrogens with zero attached hydrogens (tertiary/aromatic N) is 7. The van der Waals surface area contributed by atoms with Crippen LogP contribution in [-0.2, 0) is 23.1 Å². The van der Waals surface area contributed by atoms with E-state index < -0.39 is 5.41 Å². The third kappa shape index (κ3) is 7.79. The van der Waals surface area contributed by atoms with Crippen molar-refractivity contribution in [3.63, 3.8) is 0 Å². The van der Waals surface area contributed by atoms with Crippen molar-refractivity contribution in [2.24, 2.45) is 12.5 Å². The minimum absolute atomic E-state index is 0.252. The molecule has 2 fully saturated rings. The van der Waals surface area contributed by atoms with Gasteiger partial charge in [-0.25, -0.2) is 14.6 Å². The Hall–Kier alpha value is -3.66. The molecule has 1 aliphatic heterocycles. The second kappa shape index (κ2) is 14.0. The van der Waals surface area contributed by atoms with Crippen molar-refractivity contribution >= 4 is 11.6 Å². The first-order chi connectivity index (χ1) is 20.4. The van der Waals surface area contributed by atoms with Gasteiger partial charge in [-0.1, -0.05) is 6.07 Å². The molecule has 0 bridgehead atoms. The molecule has 4 heterocycles. The van der Waals surface area contributed by atoms with Crippen molar-refractivity contribution in [3.05, 3.63) is 41.9 Å². The molecule has 1 aliphatic carbocycles. The van der Waals surface area contributed by atoms with Crippen LogP contribution in [0.1, 0.15) is 56.8 Å². The third-order valence-electron chi connectivity index (χ3n) is 8.33. The van der Waals surface area contributed by atoms with E-state index in [1.54, 1.807) is 4.68 Å². The molecule has 0 spiro atoms. The average molecular weight is 575 g/mol. The number of aryl methyl sites for hydroxylation is 2. The molecule has 42 heavy (non-hydrogen) atoms. The summed E-state index contributed by atoms with van der Waals surface area (Å²) in [7, 11) is 1.81. The van der Waals surface area contributed by atoms with Crippen LogP contribution in [0.2, 0.25) is 0 Å². The molecular weight excluding hydrogens is 532 g/mol. The number of pyridine rings is 2. The number of nitrogens with one attached hydrogen (secondary N) is 3. The maximum Gasteiger partial charge on any atom is 0.176 e. The number of aromatic nitrogens is 6. The fourth-order valence-electron chi connectivity index (χ4n) is 5.67. The number of tetrazole rings is 1. The number of nitriles is 1. The standard InChI is InChI=1S/C30H42N10O2/c1-21-16-32-28(15-25(21)26-5-4-6-27(36-26)33-20-30(19-31)11-13-41-14-12-30)35-24-9-7-23(8-10-24)34-22(2)17-42-18-29-37-38-39-40(29)3/h4-6,15-16,22-24,34H,7-14,17-18,20H2,1-3H3,(H,32,35)(H,33,36)/t22-,23-,24-/m0/s1. The topological polar surface area (TPSA) is 148 Å². The van der Waals surface area contributed by atoms with Crippen LogP contribution in [0.5, 0.6) is 0 Å². The molecule has 12 heteroatoms. The zero-order chi connectivity index (χ0) is 29.4. The molecule has 0 unspecified atom stereocenters. The second-order valence-electron chi connectivity index (χ2n) is 11.6. The Morgan fingerprint density at radius 3 is 2.69 bits per heavy atom. The van der Waals surface area contributed by atoms with Crippen LogP contribution < -0.4 is 16.0 Å². The highest BCUT2D eigenvalue weighted by atomic mass is 16.5. The summed E-state index contributed by atoms with van der Waals surface area (Å²) in [5, 5.41) is 32.0. The molecule has 2 aliphatic rings. The van der Waals surface area contributed by atoms with Gasteiger partial charge in [-0.3, -0.25) is 0 Å². The molecule has 0 aromatic carbocycles. The van der Waals surface area contributed by atoms with Crippen LogP contribution in [-0.4, -0.2) is 74.7 Å². The summed E-state index contributed by atoms with van der Waals surface area (Å²) in [6.45, 7) is 7.06. The highest BCUT2D eigenvalue weighted by Gasteiger charge is 2.32. The highest BCUT2D eigenvalue weighted by molar-refractivity contribution is 5.68. The Bertz CT molecular complexity index is 1340. The Kier molecular flexibility index (Phi) is 9.94. The Morgan fingerprint density at radius 1 is 1.17 bits per heavy atom.